The standard InChI is InChI=1S/C18H20N6OS/c1-2-14-5-7-15(8-6-14)17-21-18(23-22-17)26-13-16(25)24(11-3-9-19)12-4-10-20/h5-8H,2-4,11-13H2,1H3,(H,21,22,23). The Morgan fingerprint density at radius 1 is 1.19 bits per heavy atom. The molecule has 0 aliphatic carbocycles. The molecule has 0 aliphatic heterocycles. The summed E-state index contributed by atoms with van der Waals surface area (Å²) in [5, 5.41) is 24.9. The van der Waals surface area contributed by atoms with Gasteiger partial charge in [0.2, 0.25) is 11.1 Å². The van der Waals surface area contributed by atoms with Gasteiger partial charge in [0.05, 0.1) is 30.7 Å². The summed E-state index contributed by atoms with van der Waals surface area (Å²) < 4.78 is 0. The number of amides is 1. The Labute approximate surface area is 157 Å². The highest BCUT2D eigenvalue weighted by molar-refractivity contribution is 7.99. The van der Waals surface area contributed by atoms with Crippen molar-refractivity contribution in [2.24, 2.45) is 0 Å². The first-order valence-corrected chi connectivity index (χ1v) is 9.32. The van der Waals surface area contributed by atoms with E-state index in [1.165, 1.54) is 22.2 Å². The van der Waals surface area contributed by atoms with E-state index >= 15 is 0 Å². The molecule has 1 aromatic heterocycles. The summed E-state index contributed by atoms with van der Waals surface area (Å²) in [5.41, 5.74) is 2.20. The lowest BCUT2D eigenvalue weighted by Gasteiger charge is -2.19. The second-order valence-corrected chi connectivity index (χ2v) is 6.45. The predicted octanol–water partition coefficient (Wildman–Crippen LogP) is 2.78. The third-order valence-corrected chi connectivity index (χ3v) is 4.60. The molecule has 8 heteroatoms. The molecule has 0 spiro atoms. The van der Waals surface area contributed by atoms with E-state index in [-0.39, 0.29) is 24.5 Å². The van der Waals surface area contributed by atoms with Crippen molar-refractivity contribution in [3.63, 3.8) is 0 Å². The Kier molecular flexibility index (Phi) is 7.66. The molecule has 26 heavy (non-hydrogen) atoms. The van der Waals surface area contributed by atoms with E-state index in [2.05, 4.69) is 34.2 Å². The molecule has 0 radical (unpaired) electrons. The second-order valence-electron chi connectivity index (χ2n) is 5.50. The smallest absolute Gasteiger partial charge is 0.233 e. The number of hydrogen-bond donors (Lipinski definition) is 1. The van der Waals surface area contributed by atoms with Crippen molar-refractivity contribution in [3.8, 4) is 23.5 Å². The summed E-state index contributed by atoms with van der Waals surface area (Å²) in [6.07, 6.45) is 1.48. The molecule has 1 amide bonds. The van der Waals surface area contributed by atoms with Crippen LogP contribution >= 0.6 is 11.8 Å². The summed E-state index contributed by atoms with van der Waals surface area (Å²) >= 11 is 1.24. The van der Waals surface area contributed by atoms with Gasteiger partial charge in [-0.05, 0) is 12.0 Å². The molecule has 0 saturated carbocycles. The SMILES string of the molecule is CCc1ccc(-c2nc(SCC(=O)N(CCC#N)CCC#N)n[nH]2)cc1. The van der Waals surface area contributed by atoms with Crippen molar-refractivity contribution in [1.29, 1.82) is 10.5 Å². The molecule has 1 aromatic carbocycles. The number of nitrogens with one attached hydrogen (secondary N) is 1. The zero-order valence-corrected chi connectivity index (χ0v) is 15.4. The predicted molar refractivity (Wildman–Crippen MR) is 99.0 cm³/mol. The van der Waals surface area contributed by atoms with Crippen LogP contribution in [0.4, 0.5) is 0 Å². The normalized spacial score (nSPS) is 10.1. The number of thioether (sulfide) groups is 1. The largest absolute Gasteiger partial charge is 0.340 e. The maximum Gasteiger partial charge on any atom is 0.233 e. The highest BCUT2D eigenvalue weighted by atomic mass is 32.2. The number of aromatic nitrogens is 3. The van der Waals surface area contributed by atoms with Gasteiger partial charge in [-0.15, -0.1) is 5.10 Å². The van der Waals surface area contributed by atoms with Crippen molar-refractivity contribution in [2.45, 2.75) is 31.3 Å². The Hall–Kier alpha value is -2.84. The number of nitriles is 2. The molecule has 0 unspecified atom stereocenters. The van der Waals surface area contributed by atoms with Crippen LogP contribution in [-0.2, 0) is 11.2 Å². The highest BCUT2D eigenvalue weighted by Gasteiger charge is 2.15. The van der Waals surface area contributed by atoms with Gasteiger partial charge in [0, 0.05) is 18.7 Å². The fraction of sp³-hybridized carbons (Fsp3) is 0.389. The van der Waals surface area contributed by atoms with E-state index in [0.717, 1.165) is 12.0 Å². The molecular formula is C18H20N6OS. The fourth-order valence-electron chi connectivity index (χ4n) is 2.29. The third kappa shape index (κ3) is 5.61. The van der Waals surface area contributed by atoms with E-state index in [1.54, 1.807) is 0 Å². The van der Waals surface area contributed by atoms with Crippen molar-refractivity contribution in [2.75, 3.05) is 18.8 Å². The number of nitrogens with zero attached hydrogens (tertiary/aromatic N) is 5. The maximum atomic E-state index is 12.3. The molecule has 1 heterocycles. The Morgan fingerprint density at radius 3 is 2.42 bits per heavy atom. The topological polar surface area (TPSA) is 109 Å². The van der Waals surface area contributed by atoms with Crippen LogP contribution in [0.2, 0.25) is 0 Å². The molecule has 0 bridgehead atoms. The van der Waals surface area contributed by atoms with Gasteiger partial charge in [0.25, 0.3) is 0 Å². The second kappa shape index (κ2) is 10.2. The maximum absolute atomic E-state index is 12.3. The van der Waals surface area contributed by atoms with Gasteiger partial charge < -0.3 is 4.90 Å². The van der Waals surface area contributed by atoms with Gasteiger partial charge in [-0.3, -0.25) is 9.89 Å². The Bertz CT molecular complexity index is 784. The lowest BCUT2D eigenvalue weighted by Crippen LogP contribution is -2.34. The molecule has 2 aromatic rings. The lowest BCUT2D eigenvalue weighted by atomic mass is 10.1. The minimum absolute atomic E-state index is 0.126. The van der Waals surface area contributed by atoms with Crippen molar-refractivity contribution in [1.82, 2.24) is 20.1 Å². The quantitative estimate of drug-likeness (QED) is 0.682. The van der Waals surface area contributed by atoms with Gasteiger partial charge in [-0.25, -0.2) is 4.98 Å². The summed E-state index contributed by atoms with van der Waals surface area (Å²) in [4.78, 5) is 18.2. The molecule has 134 valence electrons. The molecular weight excluding hydrogens is 348 g/mol. The number of H-pyrrole nitrogens is 1. The van der Waals surface area contributed by atoms with Gasteiger partial charge in [0.1, 0.15) is 0 Å². The van der Waals surface area contributed by atoms with Crippen LogP contribution in [0.3, 0.4) is 0 Å². The number of aromatic amines is 1. The van der Waals surface area contributed by atoms with Crippen molar-refractivity contribution >= 4 is 17.7 Å². The van der Waals surface area contributed by atoms with Crippen LogP contribution in [0.15, 0.2) is 29.4 Å². The van der Waals surface area contributed by atoms with Gasteiger partial charge in [-0.1, -0.05) is 43.0 Å². The average molecular weight is 368 g/mol. The van der Waals surface area contributed by atoms with E-state index in [4.69, 9.17) is 10.5 Å². The number of aryl methyl sites for hydroxylation is 1. The van der Waals surface area contributed by atoms with Crippen LogP contribution in [0, 0.1) is 22.7 Å². The van der Waals surface area contributed by atoms with Crippen LogP contribution < -0.4 is 0 Å². The summed E-state index contributed by atoms with van der Waals surface area (Å²) in [7, 11) is 0. The molecule has 0 aliphatic rings. The molecule has 0 fully saturated rings. The van der Waals surface area contributed by atoms with Crippen LogP contribution in [0.25, 0.3) is 11.4 Å². The number of benzene rings is 1. The van der Waals surface area contributed by atoms with E-state index in [0.29, 0.717) is 24.1 Å². The minimum Gasteiger partial charge on any atom is -0.340 e. The van der Waals surface area contributed by atoms with Crippen LogP contribution in [-0.4, -0.2) is 44.8 Å². The lowest BCUT2D eigenvalue weighted by molar-refractivity contribution is -0.128. The van der Waals surface area contributed by atoms with Crippen LogP contribution in [0.1, 0.15) is 25.3 Å². The number of hydrogen-bond acceptors (Lipinski definition) is 6. The minimum atomic E-state index is -0.126. The first-order chi connectivity index (χ1) is 12.7. The van der Waals surface area contributed by atoms with E-state index < -0.39 is 0 Å². The van der Waals surface area contributed by atoms with Gasteiger partial charge >= 0.3 is 0 Å². The third-order valence-electron chi connectivity index (χ3n) is 3.77. The molecule has 0 saturated heterocycles. The monoisotopic (exact) mass is 368 g/mol. The van der Waals surface area contributed by atoms with Crippen LogP contribution in [0.5, 0.6) is 0 Å². The zero-order chi connectivity index (χ0) is 18.8. The van der Waals surface area contributed by atoms with E-state index in [9.17, 15) is 4.79 Å². The molecule has 0 atom stereocenters. The molecule has 7 nitrogen and oxygen atoms in total. The number of carbonyl (C=O) groups excluding carboxylic acids is 1. The summed E-state index contributed by atoms with van der Waals surface area (Å²) in [6.45, 7) is 2.77. The molecule has 2 rings (SSSR count). The fourth-order valence-corrected chi connectivity index (χ4v) is 2.99. The number of rotatable bonds is 9. The Balaban J connectivity index is 1.94. The average Bonchev–Trinajstić information content (AvgIpc) is 3.15. The summed E-state index contributed by atoms with van der Waals surface area (Å²) in [6, 6.07) is 12.1. The van der Waals surface area contributed by atoms with Gasteiger partial charge in [0.15, 0.2) is 5.82 Å². The number of carbonyl (C=O) groups is 1. The summed E-state index contributed by atoms with van der Waals surface area (Å²) in [5.74, 6) is 0.704. The highest BCUT2D eigenvalue weighted by Crippen LogP contribution is 2.20. The first-order valence-electron chi connectivity index (χ1n) is 8.34. The molecule has 1 N–H and O–H groups in total. The van der Waals surface area contributed by atoms with E-state index in [1.807, 2.05) is 24.3 Å². The zero-order valence-electron chi connectivity index (χ0n) is 14.6. The first kappa shape index (κ1) is 19.5. The van der Waals surface area contributed by atoms with Crippen molar-refractivity contribution in [3.05, 3.63) is 29.8 Å². The van der Waals surface area contributed by atoms with Gasteiger partial charge in [-0.2, -0.15) is 10.5 Å². The van der Waals surface area contributed by atoms with Crippen molar-refractivity contribution < 1.29 is 4.79 Å². The Morgan fingerprint density at radius 2 is 1.85 bits per heavy atom.